The normalized spacial score (nSPS) is 20.0. The zero-order valence-electron chi connectivity index (χ0n) is 16.0. The van der Waals surface area contributed by atoms with E-state index in [9.17, 15) is 4.79 Å². The average molecular weight is 401 g/mol. The largest absolute Gasteiger partial charge is 0.486 e. The van der Waals surface area contributed by atoms with Crippen molar-refractivity contribution in [2.24, 2.45) is 0 Å². The van der Waals surface area contributed by atoms with Gasteiger partial charge >= 0.3 is 0 Å². The lowest BCUT2D eigenvalue weighted by molar-refractivity contribution is -0.123. The molecule has 0 bridgehead atoms. The van der Waals surface area contributed by atoms with Crippen molar-refractivity contribution in [3.05, 3.63) is 58.6 Å². The summed E-state index contributed by atoms with van der Waals surface area (Å²) in [5.41, 5.74) is 2.11. The van der Waals surface area contributed by atoms with Gasteiger partial charge < -0.3 is 14.8 Å². The molecule has 2 aliphatic heterocycles. The molecule has 4 rings (SSSR count). The summed E-state index contributed by atoms with van der Waals surface area (Å²) in [6.45, 7) is 4.40. The summed E-state index contributed by atoms with van der Waals surface area (Å²) in [5.74, 6) is 1.61. The number of benzene rings is 2. The Morgan fingerprint density at radius 2 is 2.00 bits per heavy atom. The number of fused-ring (bicyclic) bond motifs is 1. The lowest BCUT2D eigenvalue weighted by atomic mass is 10.0. The Morgan fingerprint density at radius 3 is 2.82 bits per heavy atom. The van der Waals surface area contributed by atoms with Crippen LogP contribution in [0, 0.1) is 0 Å². The summed E-state index contributed by atoms with van der Waals surface area (Å²) < 4.78 is 11.3. The fourth-order valence-electron chi connectivity index (χ4n) is 4.04. The number of hydrogen-bond donors (Lipinski definition) is 1. The number of rotatable bonds is 5. The number of carbonyl (C=O) groups is 1. The molecule has 2 aliphatic rings. The highest BCUT2D eigenvalue weighted by Gasteiger charge is 2.29. The van der Waals surface area contributed by atoms with E-state index in [2.05, 4.69) is 22.3 Å². The van der Waals surface area contributed by atoms with E-state index in [-0.39, 0.29) is 18.0 Å². The predicted molar refractivity (Wildman–Crippen MR) is 109 cm³/mol. The molecule has 5 nitrogen and oxygen atoms in total. The van der Waals surface area contributed by atoms with E-state index in [0.717, 1.165) is 36.4 Å². The third-order valence-corrected chi connectivity index (χ3v) is 5.75. The van der Waals surface area contributed by atoms with Gasteiger partial charge in [-0.25, -0.2) is 0 Å². The lowest BCUT2D eigenvalue weighted by Gasteiger charge is -2.27. The van der Waals surface area contributed by atoms with Crippen LogP contribution in [0.25, 0.3) is 0 Å². The Morgan fingerprint density at radius 1 is 1.21 bits per heavy atom. The molecule has 0 radical (unpaired) electrons. The van der Waals surface area contributed by atoms with E-state index >= 15 is 0 Å². The second-order valence-corrected chi connectivity index (χ2v) is 7.75. The molecule has 1 saturated heterocycles. The first-order valence-corrected chi connectivity index (χ1v) is 10.2. The highest BCUT2D eigenvalue weighted by Crippen LogP contribution is 2.37. The highest BCUT2D eigenvalue weighted by atomic mass is 35.5. The van der Waals surface area contributed by atoms with Gasteiger partial charge in [0, 0.05) is 11.1 Å². The second-order valence-electron chi connectivity index (χ2n) is 7.34. The standard InChI is InChI=1S/C22H25ClN2O3/c1-15(17-5-2-3-6-18(17)23)24-22(26)14-25-10-4-7-19(25)16-8-9-20-21(13-16)28-12-11-27-20/h2-3,5-6,8-9,13,15,19H,4,7,10-12,14H2,1H3,(H,24,26)/t15-,19+/m0/s1. The van der Waals surface area contributed by atoms with Crippen LogP contribution in [-0.4, -0.2) is 37.1 Å². The minimum absolute atomic E-state index is 0.0110. The van der Waals surface area contributed by atoms with Crippen molar-refractivity contribution in [1.29, 1.82) is 0 Å². The van der Waals surface area contributed by atoms with Crippen molar-refractivity contribution in [3.63, 3.8) is 0 Å². The molecule has 0 aromatic heterocycles. The molecule has 2 heterocycles. The Hall–Kier alpha value is -2.24. The number of ether oxygens (including phenoxy) is 2. The van der Waals surface area contributed by atoms with Crippen LogP contribution in [0.15, 0.2) is 42.5 Å². The number of carbonyl (C=O) groups excluding carboxylic acids is 1. The van der Waals surface area contributed by atoms with Crippen LogP contribution in [0.2, 0.25) is 5.02 Å². The minimum Gasteiger partial charge on any atom is -0.486 e. The van der Waals surface area contributed by atoms with E-state index in [0.29, 0.717) is 24.8 Å². The van der Waals surface area contributed by atoms with Crippen molar-refractivity contribution in [3.8, 4) is 11.5 Å². The molecule has 0 aliphatic carbocycles. The summed E-state index contributed by atoms with van der Waals surface area (Å²) in [6, 6.07) is 13.8. The third-order valence-electron chi connectivity index (χ3n) is 5.41. The van der Waals surface area contributed by atoms with Crippen molar-refractivity contribution >= 4 is 17.5 Å². The molecule has 0 unspecified atom stereocenters. The van der Waals surface area contributed by atoms with Crippen molar-refractivity contribution in [1.82, 2.24) is 10.2 Å². The molecule has 28 heavy (non-hydrogen) atoms. The van der Waals surface area contributed by atoms with Crippen LogP contribution in [-0.2, 0) is 4.79 Å². The number of amides is 1. The Kier molecular flexibility index (Phi) is 5.74. The zero-order valence-corrected chi connectivity index (χ0v) is 16.7. The maximum atomic E-state index is 12.7. The van der Waals surface area contributed by atoms with Crippen molar-refractivity contribution in [2.75, 3.05) is 26.3 Å². The summed E-state index contributed by atoms with van der Waals surface area (Å²) in [5, 5.41) is 3.75. The average Bonchev–Trinajstić information content (AvgIpc) is 3.15. The van der Waals surface area contributed by atoms with Gasteiger partial charge in [-0.1, -0.05) is 35.9 Å². The first kappa shape index (κ1) is 19.1. The number of likely N-dealkylation sites (tertiary alicyclic amines) is 1. The molecule has 0 spiro atoms. The van der Waals surface area contributed by atoms with Gasteiger partial charge in [0.05, 0.1) is 12.6 Å². The van der Waals surface area contributed by atoms with E-state index < -0.39 is 0 Å². The van der Waals surface area contributed by atoms with E-state index in [1.807, 2.05) is 37.3 Å². The molecule has 1 N–H and O–H groups in total. The Labute approximate surface area is 170 Å². The van der Waals surface area contributed by atoms with Crippen molar-refractivity contribution in [2.45, 2.75) is 31.8 Å². The third kappa shape index (κ3) is 4.10. The SMILES string of the molecule is C[C@H](NC(=O)CN1CCC[C@@H]1c1ccc2c(c1)OCCO2)c1ccccc1Cl. The maximum Gasteiger partial charge on any atom is 0.234 e. The molecule has 2 atom stereocenters. The number of halogens is 1. The lowest BCUT2D eigenvalue weighted by Crippen LogP contribution is -2.38. The maximum absolute atomic E-state index is 12.7. The van der Waals surface area contributed by atoms with E-state index in [1.54, 1.807) is 0 Å². The minimum atomic E-state index is -0.128. The first-order valence-electron chi connectivity index (χ1n) is 9.79. The quantitative estimate of drug-likeness (QED) is 0.820. The fourth-order valence-corrected chi connectivity index (χ4v) is 4.34. The monoisotopic (exact) mass is 400 g/mol. The highest BCUT2D eigenvalue weighted by molar-refractivity contribution is 6.31. The zero-order chi connectivity index (χ0) is 19.5. The Bertz CT molecular complexity index is 857. The van der Waals surface area contributed by atoms with Gasteiger partial charge in [-0.2, -0.15) is 0 Å². The van der Waals surface area contributed by atoms with Gasteiger partial charge in [0.2, 0.25) is 5.91 Å². The van der Waals surface area contributed by atoms with Gasteiger partial charge in [-0.05, 0) is 55.6 Å². The number of nitrogens with one attached hydrogen (secondary N) is 1. The summed E-state index contributed by atoms with van der Waals surface area (Å²) in [6.07, 6.45) is 2.11. The molecule has 1 amide bonds. The van der Waals surface area contributed by atoms with Crippen molar-refractivity contribution < 1.29 is 14.3 Å². The van der Waals surface area contributed by atoms with Crippen LogP contribution in [0.5, 0.6) is 11.5 Å². The first-order chi connectivity index (χ1) is 13.6. The van der Waals surface area contributed by atoms with Gasteiger partial charge in [0.25, 0.3) is 0 Å². The fraction of sp³-hybridized carbons (Fsp3) is 0.409. The summed E-state index contributed by atoms with van der Waals surface area (Å²) in [4.78, 5) is 14.9. The van der Waals surface area contributed by atoms with Crippen LogP contribution >= 0.6 is 11.6 Å². The van der Waals surface area contributed by atoms with Gasteiger partial charge in [-0.3, -0.25) is 9.69 Å². The molecule has 2 aromatic carbocycles. The Balaban J connectivity index is 1.41. The number of hydrogen-bond acceptors (Lipinski definition) is 4. The van der Waals surface area contributed by atoms with Crippen LogP contribution in [0.3, 0.4) is 0 Å². The molecular formula is C22H25ClN2O3. The van der Waals surface area contributed by atoms with Crippen LogP contribution in [0.4, 0.5) is 0 Å². The smallest absolute Gasteiger partial charge is 0.234 e. The van der Waals surface area contributed by atoms with Crippen LogP contribution < -0.4 is 14.8 Å². The topological polar surface area (TPSA) is 50.8 Å². The van der Waals surface area contributed by atoms with E-state index in [4.69, 9.17) is 21.1 Å². The number of nitrogens with zero attached hydrogens (tertiary/aromatic N) is 1. The van der Waals surface area contributed by atoms with Crippen LogP contribution in [0.1, 0.15) is 43.0 Å². The molecule has 2 aromatic rings. The summed E-state index contributed by atoms with van der Waals surface area (Å²) in [7, 11) is 0. The van der Waals surface area contributed by atoms with Gasteiger partial charge in [0.15, 0.2) is 11.5 Å². The van der Waals surface area contributed by atoms with Gasteiger partial charge in [0.1, 0.15) is 13.2 Å². The summed E-state index contributed by atoms with van der Waals surface area (Å²) >= 11 is 6.25. The molecular weight excluding hydrogens is 376 g/mol. The molecule has 148 valence electrons. The second kappa shape index (κ2) is 8.41. The molecule has 0 saturated carbocycles. The van der Waals surface area contributed by atoms with Gasteiger partial charge in [-0.15, -0.1) is 0 Å². The van der Waals surface area contributed by atoms with E-state index in [1.165, 1.54) is 5.56 Å². The molecule has 6 heteroatoms. The molecule has 1 fully saturated rings. The predicted octanol–water partition coefficient (Wildman–Crippen LogP) is 4.13.